The maximum Gasteiger partial charge on any atom is 0.200 e. The number of allylic oxidation sites excluding steroid dienone is 1. The zero-order chi connectivity index (χ0) is 24.4. The van der Waals surface area contributed by atoms with E-state index in [1.807, 2.05) is 19.9 Å². The first kappa shape index (κ1) is 23.9. The SMILES string of the molecule is C=C(C)C(O)Cc1c(-c2ccc(O)cc2O)oc2cc(OC)c(C=CC(C)C)c(O)c2c1=O. The van der Waals surface area contributed by atoms with Crippen LogP contribution in [0.5, 0.6) is 23.0 Å². The lowest BCUT2D eigenvalue weighted by Gasteiger charge is -2.17. The highest BCUT2D eigenvalue weighted by atomic mass is 16.5. The van der Waals surface area contributed by atoms with Crippen molar-refractivity contribution in [1.29, 1.82) is 0 Å². The molecule has 0 aliphatic rings. The number of fused-ring (bicyclic) bond motifs is 1. The fourth-order valence-electron chi connectivity index (χ4n) is 3.46. The first-order chi connectivity index (χ1) is 15.5. The number of ether oxygens (including phenoxy) is 1. The van der Waals surface area contributed by atoms with Crippen molar-refractivity contribution in [2.45, 2.75) is 33.3 Å². The van der Waals surface area contributed by atoms with Crippen LogP contribution in [-0.4, -0.2) is 33.6 Å². The number of phenolic OH excluding ortho intramolecular Hbond substituents is 3. The van der Waals surface area contributed by atoms with E-state index in [1.54, 1.807) is 13.0 Å². The summed E-state index contributed by atoms with van der Waals surface area (Å²) in [7, 11) is 1.44. The smallest absolute Gasteiger partial charge is 0.200 e. The van der Waals surface area contributed by atoms with Crippen LogP contribution < -0.4 is 10.2 Å². The van der Waals surface area contributed by atoms with Crippen molar-refractivity contribution in [3.8, 4) is 34.3 Å². The Bertz CT molecular complexity index is 1300. The average molecular weight is 453 g/mol. The summed E-state index contributed by atoms with van der Waals surface area (Å²) in [5.41, 5.74) is 0.467. The molecule has 4 N–H and O–H groups in total. The highest BCUT2D eigenvalue weighted by molar-refractivity contribution is 5.92. The minimum absolute atomic E-state index is 0.0113. The molecule has 0 fully saturated rings. The molecule has 0 aliphatic heterocycles. The fraction of sp³-hybridized carbons (Fsp3) is 0.269. The molecule has 0 saturated heterocycles. The minimum atomic E-state index is -1.05. The van der Waals surface area contributed by atoms with Crippen LogP contribution in [0.25, 0.3) is 28.4 Å². The van der Waals surface area contributed by atoms with Crippen molar-refractivity contribution in [2.24, 2.45) is 5.92 Å². The predicted molar refractivity (Wildman–Crippen MR) is 128 cm³/mol. The zero-order valence-electron chi connectivity index (χ0n) is 19.0. The van der Waals surface area contributed by atoms with Gasteiger partial charge in [0.05, 0.1) is 24.3 Å². The van der Waals surface area contributed by atoms with Crippen LogP contribution in [0.15, 0.2) is 51.7 Å². The van der Waals surface area contributed by atoms with Gasteiger partial charge in [-0.2, -0.15) is 0 Å². The van der Waals surface area contributed by atoms with E-state index < -0.39 is 11.5 Å². The number of aliphatic hydroxyl groups excluding tert-OH is 1. The molecule has 3 rings (SSSR count). The van der Waals surface area contributed by atoms with Gasteiger partial charge in [0.1, 0.15) is 39.7 Å². The molecule has 1 unspecified atom stereocenters. The second kappa shape index (κ2) is 9.42. The van der Waals surface area contributed by atoms with Crippen molar-refractivity contribution < 1.29 is 29.6 Å². The highest BCUT2D eigenvalue weighted by Gasteiger charge is 2.25. The third-order valence-corrected chi connectivity index (χ3v) is 5.31. The second-order valence-electron chi connectivity index (χ2n) is 8.32. The Morgan fingerprint density at radius 2 is 1.91 bits per heavy atom. The van der Waals surface area contributed by atoms with E-state index in [0.717, 1.165) is 6.07 Å². The number of hydrogen-bond acceptors (Lipinski definition) is 7. The van der Waals surface area contributed by atoms with Crippen LogP contribution in [0.1, 0.15) is 31.9 Å². The lowest BCUT2D eigenvalue weighted by molar-refractivity contribution is 0.211. The van der Waals surface area contributed by atoms with E-state index >= 15 is 0 Å². The number of hydrogen-bond donors (Lipinski definition) is 4. The Kier molecular flexibility index (Phi) is 6.84. The maximum atomic E-state index is 13.6. The number of phenols is 3. The first-order valence-corrected chi connectivity index (χ1v) is 10.5. The van der Waals surface area contributed by atoms with E-state index in [4.69, 9.17) is 9.15 Å². The lowest BCUT2D eigenvalue weighted by Crippen LogP contribution is -2.20. The molecule has 0 saturated carbocycles. The Morgan fingerprint density at radius 3 is 2.48 bits per heavy atom. The lowest BCUT2D eigenvalue weighted by atomic mass is 9.96. The fourth-order valence-corrected chi connectivity index (χ4v) is 3.46. The summed E-state index contributed by atoms with van der Waals surface area (Å²) in [6, 6.07) is 5.37. The molecule has 7 nitrogen and oxygen atoms in total. The van der Waals surface area contributed by atoms with E-state index in [0.29, 0.717) is 16.9 Å². The van der Waals surface area contributed by atoms with E-state index in [-0.39, 0.29) is 57.4 Å². The van der Waals surface area contributed by atoms with Crippen molar-refractivity contribution in [3.05, 3.63) is 63.8 Å². The van der Waals surface area contributed by atoms with Crippen LogP contribution >= 0.6 is 0 Å². The molecule has 1 atom stereocenters. The Labute approximate surface area is 191 Å². The molecule has 7 heteroatoms. The van der Waals surface area contributed by atoms with Gasteiger partial charge in [-0.3, -0.25) is 4.79 Å². The predicted octanol–water partition coefficient (Wildman–Crippen LogP) is 4.73. The Hall–Kier alpha value is -3.71. The monoisotopic (exact) mass is 452 g/mol. The Morgan fingerprint density at radius 1 is 1.21 bits per heavy atom. The second-order valence-corrected chi connectivity index (χ2v) is 8.32. The van der Waals surface area contributed by atoms with E-state index in [9.17, 15) is 25.2 Å². The number of benzene rings is 2. The molecule has 3 aromatic rings. The molecule has 2 aromatic carbocycles. The summed E-state index contributed by atoms with van der Waals surface area (Å²) in [6.07, 6.45) is 2.34. The van der Waals surface area contributed by atoms with Crippen LogP contribution in [-0.2, 0) is 6.42 Å². The summed E-state index contributed by atoms with van der Waals surface area (Å²) in [5.74, 6) is -0.266. The summed E-state index contributed by atoms with van der Waals surface area (Å²) in [6.45, 7) is 9.31. The minimum Gasteiger partial charge on any atom is -0.508 e. The summed E-state index contributed by atoms with van der Waals surface area (Å²) in [4.78, 5) is 13.6. The molecule has 0 spiro atoms. The van der Waals surface area contributed by atoms with Crippen molar-refractivity contribution in [2.75, 3.05) is 7.11 Å². The van der Waals surface area contributed by atoms with Gasteiger partial charge in [-0.15, -0.1) is 0 Å². The number of rotatable bonds is 7. The largest absolute Gasteiger partial charge is 0.508 e. The molecule has 174 valence electrons. The van der Waals surface area contributed by atoms with Gasteiger partial charge in [-0.1, -0.05) is 38.2 Å². The van der Waals surface area contributed by atoms with Gasteiger partial charge in [0, 0.05) is 24.1 Å². The van der Waals surface area contributed by atoms with Gasteiger partial charge in [0.15, 0.2) is 5.43 Å². The van der Waals surface area contributed by atoms with Crippen LogP contribution in [0.2, 0.25) is 0 Å². The van der Waals surface area contributed by atoms with Crippen molar-refractivity contribution in [3.63, 3.8) is 0 Å². The normalized spacial score (nSPS) is 12.5. The first-order valence-electron chi connectivity index (χ1n) is 10.5. The van der Waals surface area contributed by atoms with E-state index in [1.165, 1.54) is 25.3 Å². The van der Waals surface area contributed by atoms with Crippen LogP contribution in [0.3, 0.4) is 0 Å². The third kappa shape index (κ3) is 4.73. The molecule has 1 heterocycles. The standard InChI is InChI=1S/C26H28O7/c1-13(2)6-8-17-21(32-5)12-22-23(24(17)30)25(31)18(11-19(28)14(3)4)26(33-22)16-9-7-15(27)10-20(16)29/h6-10,12-13,19,27-30H,3,11H2,1-2,4-5H3. The molecular weight excluding hydrogens is 424 g/mol. The van der Waals surface area contributed by atoms with Crippen molar-refractivity contribution >= 4 is 17.0 Å². The van der Waals surface area contributed by atoms with Gasteiger partial charge >= 0.3 is 0 Å². The summed E-state index contributed by atoms with van der Waals surface area (Å²) >= 11 is 0. The Balaban J connectivity index is 2.42. The van der Waals surface area contributed by atoms with Gasteiger partial charge in [-0.25, -0.2) is 0 Å². The summed E-state index contributed by atoms with van der Waals surface area (Å²) in [5, 5.41) is 41.5. The third-order valence-electron chi connectivity index (χ3n) is 5.31. The average Bonchev–Trinajstić information content (AvgIpc) is 2.74. The molecule has 0 aliphatic carbocycles. The molecule has 0 radical (unpaired) electrons. The number of aromatic hydroxyl groups is 3. The topological polar surface area (TPSA) is 120 Å². The molecule has 33 heavy (non-hydrogen) atoms. The highest BCUT2D eigenvalue weighted by Crippen LogP contribution is 2.40. The van der Waals surface area contributed by atoms with Gasteiger partial charge < -0.3 is 29.6 Å². The quantitative estimate of drug-likeness (QED) is 0.382. The summed E-state index contributed by atoms with van der Waals surface area (Å²) < 4.78 is 11.4. The maximum absolute atomic E-state index is 13.6. The van der Waals surface area contributed by atoms with Crippen molar-refractivity contribution in [1.82, 2.24) is 0 Å². The van der Waals surface area contributed by atoms with E-state index in [2.05, 4.69) is 6.58 Å². The number of methoxy groups -OCH3 is 1. The van der Waals surface area contributed by atoms with Crippen LogP contribution in [0, 0.1) is 5.92 Å². The van der Waals surface area contributed by atoms with Gasteiger partial charge in [0.2, 0.25) is 0 Å². The molecule has 0 amide bonds. The van der Waals surface area contributed by atoms with Gasteiger partial charge in [-0.05, 0) is 25.0 Å². The van der Waals surface area contributed by atoms with Crippen LogP contribution in [0.4, 0.5) is 0 Å². The molecule has 1 aromatic heterocycles. The molecule has 0 bridgehead atoms. The zero-order valence-corrected chi connectivity index (χ0v) is 19.0. The molecular formula is C26H28O7. The number of aliphatic hydroxyl groups is 1. The van der Waals surface area contributed by atoms with Gasteiger partial charge in [0.25, 0.3) is 0 Å².